The smallest absolute Gasteiger partial charge is 0.317 e. The topological polar surface area (TPSA) is 32.3 Å². The lowest BCUT2D eigenvalue weighted by molar-refractivity contribution is 0.186. The van der Waals surface area contributed by atoms with Gasteiger partial charge in [0, 0.05) is 24.4 Å². The summed E-state index contributed by atoms with van der Waals surface area (Å²) in [5.41, 5.74) is 0. The molecule has 4 heteroatoms. The highest BCUT2D eigenvalue weighted by atomic mass is 32.2. The summed E-state index contributed by atoms with van der Waals surface area (Å²) in [6.07, 6.45) is 8.27. The minimum atomic E-state index is 0.148. The summed E-state index contributed by atoms with van der Waals surface area (Å²) in [5.74, 6) is 0. The number of piperidine rings is 1. The van der Waals surface area contributed by atoms with Gasteiger partial charge < -0.3 is 10.2 Å². The zero-order chi connectivity index (χ0) is 10.7. The Balaban J connectivity index is 1.72. The maximum absolute atomic E-state index is 11.8. The van der Waals surface area contributed by atoms with Crippen LogP contribution in [0.1, 0.15) is 32.1 Å². The van der Waals surface area contributed by atoms with Crippen molar-refractivity contribution in [3.05, 3.63) is 0 Å². The molecule has 1 aliphatic carbocycles. The summed E-state index contributed by atoms with van der Waals surface area (Å²) in [6.45, 7) is 2.74. The van der Waals surface area contributed by atoms with E-state index in [2.05, 4.69) is 11.6 Å². The van der Waals surface area contributed by atoms with Crippen molar-refractivity contribution in [2.75, 3.05) is 25.9 Å². The van der Waals surface area contributed by atoms with Gasteiger partial charge in [-0.05, 0) is 38.4 Å². The summed E-state index contributed by atoms with van der Waals surface area (Å²) >= 11 is 1.89. The van der Waals surface area contributed by atoms with Crippen molar-refractivity contribution in [2.45, 2.75) is 36.9 Å². The van der Waals surface area contributed by atoms with Crippen LogP contribution in [0.5, 0.6) is 0 Å². The highest BCUT2D eigenvalue weighted by Gasteiger charge is 2.42. The number of carbonyl (C=O) groups is 1. The van der Waals surface area contributed by atoms with Crippen molar-refractivity contribution in [1.29, 1.82) is 0 Å². The molecule has 1 saturated carbocycles. The van der Waals surface area contributed by atoms with E-state index < -0.39 is 0 Å². The number of hydrogen-bond donors (Lipinski definition) is 1. The Morgan fingerprint density at radius 1 is 1.33 bits per heavy atom. The molecule has 1 aliphatic heterocycles. The third-order valence-electron chi connectivity index (χ3n) is 3.45. The highest BCUT2D eigenvalue weighted by Crippen LogP contribution is 2.46. The average Bonchev–Trinajstić information content (AvgIpc) is 3.08. The fourth-order valence-corrected chi connectivity index (χ4v) is 2.76. The normalized spacial score (nSPS) is 23.7. The van der Waals surface area contributed by atoms with E-state index in [9.17, 15) is 4.79 Å². The van der Waals surface area contributed by atoms with E-state index in [0.29, 0.717) is 4.75 Å². The van der Waals surface area contributed by atoms with Gasteiger partial charge in [0.15, 0.2) is 0 Å². The van der Waals surface area contributed by atoms with Crippen LogP contribution >= 0.6 is 11.8 Å². The lowest BCUT2D eigenvalue weighted by Crippen LogP contribution is -2.45. The first-order valence-electron chi connectivity index (χ1n) is 5.84. The summed E-state index contributed by atoms with van der Waals surface area (Å²) < 4.78 is 0.380. The van der Waals surface area contributed by atoms with E-state index in [1.54, 1.807) is 0 Å². The molecule has 0 unspecified atom stereocenters. The standard InChI is InChI=1S/C11H20N2OS/c1-15-11(5-6-11)9-12-10(14)13-7-3-2-4-8-13/h2-9H2,1H3,(H,12,14). The molecule has 0 aromatic rings. The summed E-state index contributed by atoms with van der Waals surface area (Å²) in [6, 6.07) is 0.148. The number of nitrogens with one attached hydrogen (secondary N) is 1. The fraction of sp³-hybridized carbons (Fsp3) is 0.909. The van der Waals surface area contributed by atoms with Crippen LogP contribution < -0.4 is 5.32 Å². The molecular weight excluding hydrogens is 208 g/mol. The molecule has 0 radical (unpaired) electrons. The monoisotopic (exact) mass is 228 g/mol. The largest absolute Gasteiger partial charge is 0.337 e. The zero-order valence-electron chi connectivity index (χ0n) is 9.42. The van der Waals surface area contributed by atoms with Crippen LogP contribution in [0.4, 0.5) is 4.79 Å². The molecule has 15 heavy (non-hydrogen) atoms. The van der Waals surface area contributed by atoms with E-state index >= 15 is 0 Å². The molecule has 86 valence electrons. The van der Waals surface area contributed by atoms with Gasteiger partial charge in [-0.2, -0.15) is 11.8 Å². The summed E-state index contributed by atoms with van der Waals surface area (Å²) in [5, 5.41) is 3.07. The van der Waals surface area contributed by atoms with Gasteiger partial charge in [-0.3, -0.25) is 0 Å². The molecule has 2 aliphatic rings. The van der Waals surface area contributed by atoms with Crippen molar-refractivity contribution < 1.29 is 4.79 Å². The van der Waals surface area contributed by atoms with Crippen LogP contribution in [-0.2, 0) is 0 Å². The SMILES string of the molecule is CSC1(CNC(=O)N2CCCCC2)CC1. The second kappa shape index (κ2) is 4.64. The van der Waals surface area contributed by atoms with Crippen molar-refractivity contribution in [2.24, 2.45) is 0 Å². The number of carbonyl (C=O) groups excluding carboxylic acids is 1. The molecule has 1 N–H and O–H groups in total. The number of thioether (sulfide) groups is 1. The van der Waals surface area contributed by atoms with Crippen molar-refractivity contribution >= 4 is 17.8 Å². The van der Waals surface area contributed by atoms with Crippen LogP contribution in [0.15, 0.2) is 0 Å². The number of rotatable bonds is 3. The molecule has 2 rings (SSSR count). The van der Waals surface area contributed by atoms with E-state index in [4.69, 9.17) is 0 Å². The van der Waals surface area contributed by atoms with Gasteiger partial charge in [0.1, 0.15) is 0 Å². The molecule has 0 aromatic carbocycles. The molecule has 0 bridgehead atoms. The summed E-state index contributed by atoms with van der Waals surface area (Å²) in [4.78, 5) is 13.8. The van der Waals surface area contributed by atoms with Crippen molar-refractivity contribution in [1.82, 2.24) is 10.2 Å². The van der Waals surface area contributed by atoms with E-state index in [-0.39, 0.29) is 6.03 Å². The molecule has 2 amide bonds. The Kier molecular flexibility index (Phi) is 3.44. The molecule has 0 atom stereocenters. The minimum absolute atomic E-state index is 0.148. The molecule has 1 heterocycles. The van der Waals surface area contributed by atoms with Crippen molar-refractivity contribution in [3.8, 4) is 0 Å². The third kappa shape index (κ3) is 2.80. The average molecular weight is 228 g/mol. The summed E-state index contributed by atoms with van der Waals surface area (Å²) in [7, 11) is 0. The first-order chi connectivity index (χ1) is 7.26. The minimum Gasteiger partial charge on any atom is -0.337 e. The Morgan fingerprint density at radius 3 is 2.53 bits per heavy atom. The van der Waals surface area contributed by atoms with Crippen molar-refractivity contribution in [3.63, 3.8) is 0 Å². The van der Waals surface area contributed by atoms with Crippen LogP contribution in [0, 0.1) is 0 Å². The predicted molar refractivity (Wildman–Crippen MR) is 64.3 cm³/mol. The Bertz CT molecular complexity index is 235. The Morgan fingerprint density at radius 2 is 2.00 bits per heavy atom. The first kappa shape index (κ1) is 11.1. The van der Waals surface area contributed by atoms with Gasteiger partial charge >= 0.3 is 6.03 Å². The first-order valence-corrected chi connectivity index (χ1v) is 7.06. The second-order valence-corrected chi connectivity index (χ2v) is 5.87. The number of urea groups is 1. The maximum atomic E-state index is 11.8. The Hall–Kier alpha value is -0.380. The lowest BCUT2D eigenvalue weighted by Gasteiger charge is -2.27. The maximum Gasteiger partial charge on any atom is 0.317 e. The quantitative estimate of drug-likeness (QED) is 0.802. The van der Waals surface area contributed by atoms with Crippen LogP contribution in [0.25, 0.3) is 0 Å². The van der Waals surface area contributed by atoms with Crippen LogP contribution in [0.3, 0.4) is 0 Å². The van der Waals surface area contributed by atoms with Gasteiger partial charge in [-0.15, -0.1) is 0 Å². The highest BCUT2D eigenvalue weighted by molar-refractivity contribution is 8.00. The van der Waals surface area contributed by atoms with Gasteiger partial charge in [0.25, 0.3) is 0 Å². The van der Waals surface area contributed by atoms with Gasteiger partial charge in [-0.1, -0.05) is 0 Å². The van der Waals surface area contributed by atoms with Gasteiger partial charge in [0.2, 0.25) is 0 Å². The number of hydrogen-bond acceptors (Lipinski definition) is 2. The third-order valence-corrected chi connectivity index (χ3v) is 4.86. The number of amides is 2. The number of likely N-dealkylation sites (tertiary alicyclic amines) is 1. The predicted octanol–water partition coefficient (Wildman–Crippen LogP) is 2.08. The Labute approximate surface area is 96.0 Å². The number of nitrogens with zero attached hydrogens (tertiary/aromatic N) is 1. The molecular formula is C11H20N2OS. The van der Waals surface area contributed by atoms with Gasteiger partial charge in [0.05, 0.1) is 0 Å². The van der Waals surface area contributed by atoms with E-state index in [1.165, 1.54) is 32.1 Å². The van der Waals surface area contributed by atoms with Crippen LogP contribution in [-0.4, -0.2) is 41.6 Å². The second-order valence-electron chi connectivity index (χ2n) is 4.59. The van der Waals surface area contributed by atoms with Crippen LogP contribution in [0.2, 0.25) is 0 Å². The van der Waals surface area contributed by atoms with E-state index in [0.717, 1.165) is 19.6 Å². The molecule has 0 spiro atoms. The fourth-order valence-electron chi connectivity index (χ4n) is 2.04. The molecule has 0 aromatic heterocycles. The van der Waals surface area contributed by atoms with Gasteiger partial charge in [-0.25, -0.2) is 4.79 Å². The molecule has 1 saturated heterocycles. The molecule has 3 nitrogen and oxygen atoms in total. The van der Waals surface area contributed by atoms with E-state index in [1.807, 2.05) is 16.7 Å². The lowest BCUT2D eigenvalue weighted by atomic mass is 10.1. The molecule has 2 fully saturated rings. The zero-order valence-corrected chi connectivity index (χ0v) is 10.2.